The Morgan fingerprint density at radius 1 is 1.33 bits per heavy atom. The first kappa shape index (κ1) is 15.0. The van der Waals surface area contributed by atoms with Gasteiger partial charge in [-0.3, -0.25) is 0 Å². The molecule has 0 spiro atoms. The third kappa shape index (κ3) is 5.05. The molecule has 0 heterocycles. The van der Waals surface area contributed by atoms with Crippen LogP contribution >= 0.6 is 0 Å². The second kappa shape index (κ2) is 8.09. The molecule has 1 rings (SSSR count). The van der Waals surface area contributed by atoms with Crippen LogP contribution in [0.1, 0.15) is 27.2 Å². The van der Waals surface area contributed by atoms with Crippen molar-refractivity contribution in [2.75, 3.05) is 31.1 Å². The summed E-state index contributed by atoms with van der Waals surface area (Å²) in [6.45, 7) is 10.4. The number of nitrogens with one attached hydrogen (secondary N) is 1. The van der Waals surface area contributed by atoms with Crippen LogP contribution in [-0.4, -0.2) is 26.2 Å². The first-order chi connectivity index (χ1) is 8.67. The minimum absolute atomic E-state index is 0.164. The predicted molar refractivity (Wildman–Crippen MR) is 76.6 cm³/mol. The summed E-state index contributed by atoms with van der Waals surface area (Å²) in [6, 6.07) is 6.84. The average Bonchev–Trinajstić information content (AvgIpc) is 2.36. The number of hydrogen-bond acceptors (Lipinski definition) is 2. The minimum Gasteiger partial charge on any atom is -0.371 e. The number of halogens is 1. The first-order valence-electron chi connectivity index (χ1n) is 6.88. The van der Waals surface area contributed by atoms with Crippen molar-refractivity contribution in [1.29, 1.82) is 0 Å². The van der Waals surface area contributed by atoms with Gasteiger partial charge in [-0.05, 0) is 50.6 Å². The summed E-state index contributed by atoms with van der Waals surface area (Å²) < 4.78 is 13.2. The van der Waals surface area contributed by atoms with Crippen LogP contribution in [0.3, 0.4) is 0 Å². The van der Waals surface area contributed by atoms with E-state index in [1.165, 1.54) is 6.07 Å². The van der Waals surface area contributed by atoms with Gasteiger partial charge in [-0.2, -0.15) is 0 Å². The molecule has 0 aliphatic carbocycles. The summed E-state index contributed by atoms with van der Waals surface area (Å²) in [5.41, 5.74) is 0.972. The van der Waals surface area contributed by atoms with Gasteiger partial charge in [0.25, 0.3) is 0 Å². The summed E-state index contributed by atoms with van der Waals surface area (Å²) in [6.07, 6.45) is 1.16. The molecule has 0 fully saturated rings. The van der Waals surface area contributed by atoms with Gasteiger partial charge in [0.15, 0.2) is 0 Å². The summed E-state index contributed by atoms with van der Waals surface area (Å²) >= 11 is 0. The van der Waals surface area contributed by atoms with E-state index < -0.39 is 0 Å². The number of nitrogens with zero attached hydrogens (tertiary/aromatic N) is 1. The maximum atomic E-state index is 13.2. The van der Waals surface area contributed by atoms with E-state index in [1.54, 1.807) is 12.1 Å². The lowest BCUT2D eigenvalue weighted by molar-refractivity contribution is 0.505. The largest absolute Gasteiger partial charge is 0.371 e. The van der Waals surface area contributed by atoms with Gasteiger partial charge in [0.1, 0.15) is 5.82 Å². The molecule has 3 heteroatoms. The Bertz CT molecular complexity index is 341. The van der Waals surface area contributed by atoms with Crippen LogP contribution in [0.5, 0.6) is 0 Å². The topological polar surface area (TPSA) is 15.3 Å². The quantitative estimate of drug-likeness (QED) is 0.714. The molecule has 0 amide bonds. The standard InChI is InChI=1S/C15H25FN2/c1-4-9-17-11-13(3)12-18(5-2)15-8-6-7-14(16)10-15/h6-8,10,13,17H,4-5,9,11-12H2,1-3H3. The van der Waals surface area contributed by atoms with Crippen LogP contribution in [0.15, 0.2) is 24.3 Å². The third-order valence-electron chi connectivity index (χ3n) is 3.01. The molecule has 1 unspecified atom stereocenters. The van der Waals surface area contributed by atoms with Gasteiger partial charge in [-0.15, -0.1) is 0 Å². The van der Waals surface area contributed by atoms with Gasteiger partial charge in [-0.25, -0.2) is 4.39 Å². The van der Waals surface area contributed by atoms with E-state index in [-0.39, 0.29) is 5.82 Å². The predicted octanol–water partition coefficient (Wildman–Crippen LogP) is 3.29. The van der Waals surface area contributed by atoms with E-state index in [0.29, 0.717) is 5.92 Å². The molecule has 1 aromatic rings. The number of anilines is 1. The molecule has 0 aromatic heterocycles. The van der Waals surface area contributed by atoms with E-state index in [9.17, 15) is 4.39 Å². The van der Waals surface area contributed by atoms with Gasteiger partial charge in [0.05, 0.1) is 0 Å². The summed E-state index contributed by atoms with van der Waals surface area (Å²) in [5.74, 6) is 0.391. The molecule has 0 saturated carbocycles. The molecule has 18 heavy (non-hydrogen) atoms. The van der Waals surface area contributed by atoms with Gasteiger partial charge in [0, 0.05) is 18.8 Å². The molecule has 0 aliphatic heterocycles. The van der Waals surface area contributed by atoms with Crippen molar-refractivity contribution in [2.45, 2.75) is 27.2 Å². The van der Waals surface area contributed by atoms with E-state index in [1.807, 2.05) is 6.07 Å². The lowest BCUT2D eigenvalue weighted by Crippen LogP contribution is -2.33. The van der Waals surface area contributed by atoms with E-state index in [2.05, 4.69) is 31.0 Å². The van der Waals surface area contributed by atoms with Crippen molar-refractivity contribution in [2.24, 2.45) is 5.92 Å². The van der Waals surface area contributed by atoms with Gasteiger partial charge in [0.2, 0.25) is 0 Å². The van der Waals surface area contributed by atoms with E-state index in [4.69, 9.17) is 0 Å². The molecule has 1 N–H and O–H groups in total. The number of rotatable bonds is 8. The normalized spacial score (nSPS) is 12.4. The van der Waals surface area contributed by atoms with Crippen molar-refractivity contribution in [3.63, 3.8) is 0 Å². The molecule has 1 atom stereocenters. The smallest absolute Gasteiger partial charge is 0.125 e. The highest BCUT2D eigenvalue weighted by Gasteiger charge is 2.09. The maximum Gasteiger partial charge on any atom is 0.125 e. The zero-order valence-corrected chi connectivity index (χ0v) is 11.7. The molecule has 0 radical (unpaired) electrons. The number of benzene rings is 1. The molecular weight excluding hydrogens is 227 g/mol. The third-order valence-corrected chi connectivity index (χ3v) is 3.01. The molecule has 102 valence electrons. The first-order valence-corrected chi connectivity index (χ1v) is 6.88. The molecule has 0 saturated heterocycles. The Labute approximate surface area is 110 Å². The fourth-order valence-electron chi connectivity index (χ4n) is 2.06. The Morgan fingerprint density at radius 3 is 2.72 bits per heavy atom. The summed E-state index contributed by atoms with van der Waals surface area (Å²) in [7, 11) is 0. The highest BCUT2D eigenvalue weighted by Crippen LogP contribution is 2.16. The second-order valence-electron chi connectivity index (χ2n) is 4.83. The Kier molecular flexibility index (Phi) is 6.73. The molecule has 1 aromatic carbocycles. The summed E-state index contributed by atoms with van der Waals surface area (Å²) in [5, 5.41) is 3.43. The van der Waals surface area contributed by atoms with Crippen molar-refractivity contribution in [3.8, 4) is 0 Å². The maximum absolute atomic E-state index is 13.2. The fourth-order valence-corrected chi connectivity index (χ4v) is 2.06. The van der Waals surface area contributed by atoms with E-state index >= 15 is 0 Å². The average molecular weight is 252 g/mol. The summed E-state index contributed by atoms with van der Waals surface area (Å²) in [4.78, 5) is 2.22. The van der Waals surface area contributed by atoms with Crippen molar-refractivity contribution < 1.29 is 4.39 Å². The lowest BCUT2D eigenvalue weighted by atomic mass is 10.1. The van der Waals surface area contributed by atoms with Crippen LogP contribution in [0.25, 0.3) is 0 Å². The zero-order chi connectivity index (χ0) is 13.4. The minimum atomic E-state index is -0.164. The Balaban J connectivity index is 2.51. The van der Waals surface area contributed by atoms with Crippen LogP contribution in [0.2, 0.25) is 0 Å². The number of hydrogen-bond donors (Lipinski definition) is 1. The fraction of sp³-hybridized carbons (Fsp3) is 0.600. The highest BCUT2D eigenvalue weighted by molar-refractivity contribution is 5.46. The monoisotopic (exact) mass is 252 g/mol. The molecule has 0 aliphatic rings. The lowest BCUT2D eigenvalue weighted by Gasteiger charge is -2.26. The van der Waals surface area contributed by atoms with Crippen molar-refractivity contribution in [3.05, 3.63) is 30.1 Å². The SMILES string of the molecule is CCCNCC(C)CN(CC)c1cccc(F)c1. The van der Waals surface area contributed by atoms with Crippen LogP contribution in [0.4, 0.5) is 10.1 Å². The van der Waals surface area contributed by atoms with Gasteiger partial charge < -0.3 is 10.2 Å². The molecule has 0 bridgehead atoms. The van der Waals surface area contributed by atoms with Gasteiger partial charge >= 0.3 is 0 Å². The van der Waals surface area contributed by atoms with Crippen LogP contribution in [-0.2, 0) is 0 Å². The van der Waals surface area contributed by atoms with Crippen molar-refractivity contribution >= 4 is 5.69 Å². The van der Waals surface area contributed by atoms with E-state index in [0.717, 1.165) is 38.3 Å². The van der Waals surface area contributed by atoms with Crippen LogP contribution in [0, 0.1) is 11.7 Å². The molecular formula is C15H25FN2. The second-order valence-corrected chi connectivity index (χ2v) is 4.83. The zero-order valence-electron chi connectivity index (χ0n) is 11.7. The highest BCUT2D eigenvalue weighted by atomic mass is 19.1. The Hall–Kier alpha value is -1.09. The molecule has 2 nitrogen and oxygen atoms in total. The van der Waals surface area contributed by atoms with Crippen molar-refractivity contribution in [1.82, 2.24) is 5.32 Å². The van der Waals surface area contributed by atoms with Gasteiger partial charge in [-0.1, -0.05) is 19.9 Å². The van der Waals surface area contributed by atoms with Crippen LogP contribution < -0.4 is 10.2 Å². The Morgan fingerprint density at radius 2 is 2.11 bits per heavy atom.